The minimum absolute atomic E-state index is 1.21. The second kappa shape index (κ2) is 9.22. The molecule has 0 saturated carbocycles. The standard InChI is InChI=1S/C38H30N/c1-25-16-18-27(19-17-25)28-20-21-39(3)38(23-28)35-24-37-34-15-9-7-13-32(34)30-11-5-4-10-29(30)31-12-6-8-14-33(31)36(37)22-26(35)2/h4-24H,1-3H3/q+1. The summed E-state index contributed by atoms with van der Waals surface area (Å²) in [7, 11) is 2.14. The Kier molecular flexibility index (Phi) is 5.52. The van der Waals surface area contributed by atoms with Crippen LogP contribution in [0.3, 0.4) is 0 Å². The van der Waals surface area contributed by atoms with Gasteiger partial charge in [-0.15, -0.1) is 0 Å². The van der Waals surface area contributed by atoms with Crippen LogP contribution in [0, 0.1) is 13.8 Å². The second-order valence-electron chi connectivity index (χ2n) is 10.6. The number of benzene rings is 5. The molecular weight excluding hydrogens is 470 g/mol. The van der Waals surface area contributed by atoms with Crippen LogP contribution in [0.15, 0.2) is 128 Å². The number of pyridine rings is 1. The van der Waals surface area contributed by atoms with E-state index in [1.807, 2.05) is 0 Å². The molecular formula is C38H30N+. The monoisotopic (exact) mass is 500 g/mol. The van der Waals surface area contributed by atoms with Gasteiger partial charge in [-0.05, 0) is 87.2 Å². The average Bonchev–Trinajstić information content (AvgIpc) is 2.97. The molecule has 1 heterocycles. The Hall–Kier alpha value is -4.75. The van der Waals surface area contributed by atoms with Crippen LogP contribution >= 0.6 is 0 Å². The predicted octanol–water partition coefficient (Wildman–Crippen LogP) is 9.44. The van der Waals surface area contributed by atoms with Crippen molar-refractivity contribution in [3.8, 4) is 66.9 Å². The minimum Gasteiger partial charge on any atom is -0.201 e. The van der Waals surface area contributed by atoms with Crippen molar-refractivity contribution in [2.75, 3.05) is 0 Å². The van der Waals surface area contributed by atoms with E-state index in [4.69, 9.17) is 0 Å². The van der Waals surface area contributed by atoms with E-state index in [-0.39, 0.29) is 0 Å². The third-order valence-corrected chi connectivity index (χ3v) is 8.12. The molecule has 0 spiro atoms. The zero-order chi connectivity index (χ0) is 26.5. The Morgan fingerprint density at radius 2 is 0.872 bits per heavy atom. The van der Waals surface area contributed by atoms with E-state index in [9.17, 15) is 0 Å². The molecule has 7 rings (SSSR count). The van der Waals surface area contributed by atoms with Crippen molar-refractivity contribution >= 4 is 0 Å². The number of aromatic nitrogens is 1. The smallest absolute Gasteiger partial charge is 0.201 e. The summed E-state index contributed by atoms with van der Waals surface area (Å²) >= 11 is 0. The van der Waals surface area contributed by atoms with Crippen LogP contribution in [0.2, 0.25) is 0 Å². The van der Waals surface area contributed by atoms with Gasteiger partial charge in [-0.2, -0.15) is 0 Å². The lowest BCUT2D eigenvalue weighted by Gasteiger charge is -2.24. The van der Waals surface area contributed by atoms with E-state index >= 15 is 0 Å². The van der Waals surface area contributed by atoms with Crippen LogP contribution in [-0.2, 0) is 7.05 Å². The quantitative estimate of drug-likeness (QED) is 0.208. The van der Waals surface area contributed by atoms with Gasteiger partial charge < -0.3 is 0 Å². The normalized spacial score (nSPS) is 11.5. The van der Waals surface area contributed by atoms with Gasteiger partial charge in [-0.25, -0.2) is 4.57 Å². The summed E-state index contributed by atoms with van der Waals surface area (Å²) < 4.78 is 2.24. The highest BCUT2D eigenvalue weighted by atomic mass is 14.9. The van der Waals surface area contributed by atoms with Crippen molar-refractivity contribution in [2.45, 2.75) is 13.8 Å². The molecule has 1 aliphatic rings. The van der Waals surface area contributed by atoms with Gasteiger partial charge in [0.05, 0.1) is 0 Å². The molecule has 0 fully saturated rings. The van der Waals surface area contributed by atoms with E-state index < -0.39 is 0 Å². The van der Waals surface area contributed by atoms with Crippen molar-refractivity contribution in [2.24, 2.45) is 7.05 Å². The van der Waals surface area contributed by atoms with Crippen molar-refractivity contribution in [3.05, 3.63) is 139 Å². The van der Waals surface area contributed by atoms with E-state index in [2.05, 4.69) is 153 Å². The molecule has 0 amide bonds. The highest BCUT2D eigenvalue weighted by Gasteiger charge is 2.24. The average molecular weight is 501 g/mol. The number of hydrogen-bond donors (Lipinski definition) is 0. The zero-order valence-corrected chi connectivity index (χ0v) is 22.6. The molecule has 0 atom stereocenters. The maximum atomic E-state index is 2.42. The molecule has 39 heavy (non-hydrogen) atoms. The summed E-state index contributed by atoms with van der Waals surface area (Å²) in [5.74, 6) is 0. The number of rotatable bonds is 2. The number of fused-ring (bicyclic) bond motifs is 8. The molecule has 186 valence electrons. The summed E-state index contributed by atoms with van der Waals surface area (Å²) in [5, 5.41) is 0. The van der Waals surface area contributed by atoms with E-state index in [1.54, 1.807) is 0 Å². The first kappa shape index (κ1) is 23.4. The van der Waals surface area contributed by atoms with Crippen LogP contribution in [-0.4, -0.2) is 0 Å². The lowest BCUT2D eigenvalue weighted by Crippen LogP contribution is -2.30. The van der Waals surface area contributed by atoms with Gasteiger partial charge >= 0.3 is 0 Å². The zero-order valence-electron chi connectivity index (χ0n) is 22.6. The minimum atomic E-state index is 1.21. The van der Waals surface area contributed by atoms with Crippen molar-refractivity contribution in [1.29, 1.82) is 0 Å². The molecule has 1 heteroatoms. The van der Waals surface area contributed by atoms with Crippen LogP contribution in [0.25, 0.3) is 66.9 Å². The Bertz CT molecular complexity index is 1880. The van der Waals surface area contributed by atoms with Crippen LogP contribution in [0.4, 0.5) is 0 Å². The van der Waals surface area contributed by atoms with Gasteiger partial charge in [-0.1, -0.05) is 103 Å². The number of nitrogens with zero attached hydrogens (tertiary/aromatic N) is 1. The fraction of sp³-hybridized carbons (Fsp3) is 0.0789. The highest BCUT2D eigenvalue weighted by Crippen LogP contribution is 2.48. The first-order valence-corrected chi connectivity index (χ1v) is 13.6. The van der Waals surface area contributed by atoms with E-state index in [1.165, 1.54) is 78.0 Å². The molecule has 0 saturated heterocycles. The van der Waals surface area contributed by atoms with Gasteiger partial charge in [0.1, 0.15) is 7.05 Å². The first-order chi connectivity index (χ1) is 19.1. The molecule has 0 unspecified atom stereocenters. The lowest BCUT2D eigenvalue weighted by atomic mass is 9.79. The molecule has 0 N–H and O–H groups in total. The van der Waals surface area contributed by atoms with Crippen LogP contribution < -0.4 is 4.57 Å². The number of aryl methyl sites for hydroxylation is 3. The van der Waals surface area contributed by atoms with E-state index in [0.29, 0.717) is 0 Å². The Morgan fingerprint density at radius 3 is 1.38 bits per heavy atom. The molecule has 1 nitrogen and oxygen atoms in total. The van der Waals surface area contributed by atoms with E-state index in [0.717, 1.165) is 0 Å². The maximum Gasteiger partial charge on any atom is 0.213 e. The third kappa shape index (κ3) is 3.90. The Balaban J connectivity index is 1.51. The Labute approximate surface area is 230 Å². The summed E-state index contributed by atoms with van der Waals surface area (Å²) in [6, 6.07) is 44.7. The summed E-state index contributed by atoms with van der Waals surface area (Å²) in [4.78, 5) is 0. The van der Waals surface area contributed by atoms with Crippen molar-refractivity contribution in [3.63, 3.8) is 0 Å². The molecule has 0 radical (unpaired) electrons. The van der Waals surface area contributed by atoms with Gasteiger partial charge in [0.2, 0.25) is 5.69 Å². The summed E-state index contributed by atoms with van der Waals surface area (Å²) in [6.45, 7) is 4.38. The molecule has 0 bridgehead atoms. The second-order valence-corrected chi connectivity index (χ2v) is 10.6. The maximum absolute atomic E-state index is 2.42. The molecule has 1 aromatic heterocycles. The highest BCUT2D eigenvalue weighted by molar-refractivity contribution is 6.04. The fourth-order valence-corrected chi connectivity index (χ4v) is 6.05. The SMILES string of the molecule is Cc1ccc(-c2cc[n+](C)c(-c3cc4c(cc3C)-c3ccccc3-c3ccccc3-c3ccccc3-4)c2)cc1. The van der Waals surface area contributed by atoms with Gasteiger partial charge in [0.15, 0.2) is 6.20 Å². The predicted molar refractivity (Wildman–Crippen MR) is 163 cm³/mol. The molecule has 1 aliphatic carbocycles. The summed E-state index contributed by atoms with van der Waals surface area (Å²) in [5.41, 5.74) is 17.7. The van der Waals surface area contributed by atoms with Crippen LogP contribution in [0.5, 0.6) is 0 Å². The number of hydrogen-bond acceptors (Lipinski definition) is 0. The van der Waals surface area contributed by atoms with Gasteiger partial charge in [-0.3, -0.25) is 0 Å². The fourth-order valence-electron chi connectivity index (χ4n) is 6.05. The first-order valence-electron chi connectivity index (χ1n) is 13.6. The lowest BCUT2D eigenvalue weighted by molar-refractivity contribution is -0.660. The van der Waals surface area contributed by atoms with Crippen molar-refractivity contribution in [1.82, 2.24) is 0 Å². The van der Waals surface area contributed by atoms with Gasteiger partial charge in [0.25, 0.3) is 0 Å². The van der Waals surface area contributed by atoms with Gasteiger partial charge in [0, 0.05) is 17.7 Å². The topological polar surface area (TPSA) is 3.88 Å². The largest absolute Gasteiger partial charge is 0.213 e. The Morgan fingerprint density at radius 1 is 0.410 bits per heavy atom. The van der Waals surface area contributed by atoms with Crippen molar-refractivity contribution < 1.29 is 4.57 Å². The molecule has 6 aromatic rings. The van der Waals surface area contributed by atoms with Crippen LogP contribution in [0.1, 0.15) is 11.1 Å². The summed E-state index contributed by atoms with van der Waals surface area (Å²) in [6.07, 6.45) is 2.18. The molecule has 5 aromatic carbocycles. The third-order valence-electron chi connectivity index (χ3n) is 8.12. The molecule has 0 aliphatic heterocycles.